The van der Waals surface area contributed by atoms with Crippen LogP contribution < -0.4 is 5.32 Å². The van der Waals surface area contributed by atoms with Gasteiger partial charge in [0.2, 0.25) is 11.8 Å². The second-order valence-electron chi connectivity index (χ2n) is 7.89. The molecule has 2 aliphatic heterocycles. The zero-order valence-corrected chi connectivity index (χ0v) is 15.0. The number of nitrogens with one attached hydrogen (secondary N) is 1. The molecule has 3 aliphatic rings. The molecule has 2 amide bonds. The van der Waals surface area contributed by atoms with Crippen molar-refractivity contribution in [2.45, 2.75) is 44.1 Å². The lowest BCUT2D eigenvalue weighted by atomic mass is 9.98. The van der Waals surface area contributed by atoms with Crippen molar-refractivity contribution in [2.75, 3.05) is 26.3 Å². The minimum Gasteiger partial charge on any atom is -0.353 e. The van der Waals surface area contributed by atoms with Gasteiger partial charge in [0.05, 0.1) is 6.67 Å². The lowest BCUT2D eigenvalue weighted by Gasteiger charge is -2.34. The molecule has 5 nitrogen and oxygen atoms in total. The van der Waals surface area contributed by atoms with Gasteiger partial charge in [0.1, 0.15) is 5.82 Å². The van der Waals surface area contributed by atoms with E-state index in [-0.39, 0.29) is 35.5 Å². The Morgan fingerprint density at radius 1 is 1.19 bits per heavy atom. The molecular weight excluding hydrogens is 333 g/mol. The number of hydrogen-bond donors (Lipinski definition) is 1. The Morgan fingerprint density at radius 3 is 2.65 bits per heavy atom. The molecule has 1 aromatic carbocycles. The number of carbonyl (C=O) groups is 2. The Labute approximate surface area is 153 Å². The number of halogens is 1. The summed E-state index contributed by atoms with van der Waals surface area (Å²) in [5.74, 6) is 0.451. The number of amides is 2. The van der Waals surface area contributed by atoms with Crippen molar-refractivity contribution in [3.8, 4) is 0 Å². The van der Waals surface area contributed by atoms with Crippen LogP contribution in [0.2, 0.25) is 0 Å². The second-order valence-corrected chi connectivity index (χ2v) is 7.89. The number of carbonyl (C=O) groups excluding carboxylic acids is 2. The fourth-order valence-electron chi connectivity index (χ4n) is 4.02. The van der Waals surface area contributed by atoms with Crippen LogP contribution in [0.25, 0.3) is 0 Å². The molecule has 140 valence electrons. The number of rotatable bonds is 5. The molecule has 6 heteroatoms. The van der Waals surface area contributed by atoms with Gasteiger partial charge in [0, 0.05) is 43.9 Å². The Bertz CT molecular complexity index is 683. The smallest absolute Gasteiger partial charge is 0.224 e. The molecular formula is C20H26FN3O2. The molecule has 1 unspecified atom stereocenters. The Hall–Kier alpha value is -1.95. The van der Waals surface area contributed by atoms with Crippen molar-refractivity contribution in [2.24, 2.45) is 5.92 Å². The summed E-state index contributed by atoms with van der Waals surface area (Å²) in [6.07, 6.45) is 4.40. The van der Waals surface area contributed by atoms with Gasteiger partial charge in [-0.15, -0.1) is 0 Å². The first-order chi connectivity index (χ1) is 12.6. The van der Waals surface area contributed by atoms with Crippen LogP contribution in [0.3, 0.4) is 0 Å². The Morgan fingerprint density at radius 2 is 1.96 bits per heavy atom. The lowest BCUT2D eigenvalue weighted by Crippen LogP contribution is -2.48. The van der Waals surface area contributed by atoms with E-state index in [1.54, 1.807) is 6.07 Å². The van der Waals surface area contributed by atoms with Gasteiger partial charge in [-0.2, -0.15) is 0 Å². The first-order valence-electron chi connectivity index (χ1n) is 9.64. The van der Waals surface area contributed by atoms with Crippen LogP contribution in [0, 0.1) is 11.7 Å². The van der Waals surface area contributed by atoms with Crippen LogP contribution in [0.5, 0.6) is 0 Å². The SMILES string of the molecule is O=C(NC1CCN(CN2CC(c3cccc(F)c3)CC2=O)CC1)C1CC1. The predicted octanol–water partition coefficient (Wildman–Crippen LogP) is 2.09. The first kappa shape index (κ1) is 17.5. The largest absolute Gasteiger partial charge is 0.353 e. The van der Waals surface area contributed by atoms with E-state index in [1.165, 1.54) is 12.1 Å². The highest BCUT2D eigenvalue weighted by Crippen LogP contribution is 2.30. The maximum Gasteiger partial charge on any atom is 0.224 e. The molecule has 1 atom stereocenters. The van der Waals surface area contributed by atoms with Gasteiger partial charge in [0.25, 0.3) is 0 Å². The fourth-order valence-corrected chi connectivity index (χ4v) is 4.02. The van der Waals surface area contributed by atoms with E-state index in [2.05, 4.69) is 10.2 Å². The van der Waals surface area contributed by atoms with Crippen LogP contribution in [-0.4, -0.2) is 54.0 Å². The van der Waals surface area contributed by atoms with Gasteiger partial charge < -0.3 is 10.2 Å². The number of benzene rings is 1. The van der Waals surface area contributed by atoms with Crippen LogP contribution in [0.4, 0.5) is 4.39 Å². The second kappa shape index (κ2) is 7.35. The highest BCUT2D eigenvalue weighted by Gasteiger charge is 2.34. The molecule has 0 aromatic heterocycles. The topological polar surface area (TPSA) is 52.7 Å². The molecule has 0 bridgehead atoms. The number of nitrogens with zero attached hydrogens (tertiary/aromatic N) is 2. The third kappa shape index (κ3) is 4.06. The molecule has 1 saturated carbocycles. The summed E-state index contributed by atoms with van der Waals surface area (Å²) in [5, 5.41) is 3.16. The van der Waals surface area contributed by atoms with Crippen LogP contribution >= 0.6 is 0 Å². The van der Waals surface area contributed by atoms with Crippen molar-refractivity contribution in [3.63, 3.8) is 0 Å². The molecule has 2 saturated heterocycles. The van der Waals surface area contributed by atoms with Crippen molar-refractivity contribution >= 4 is 11.8 Å². The fraction of sp³-hybridized carbons (Fsp3) is 0.600. The van der Waals surface area contributed by atoms with Crippen molar-refractivity contribution in [3.05, 3.63) is 35.6 Å². The maximum atomic E-state index is 13.4. The van der Waals surface area contributed by atoms with Gasteiger partial charge >= 0.3 is 0 Å². The van der Waals surface area contributed by atoms with Crippen LogP contribution in [-0.2, 0) is 9.59 Å². The van der Waals surface area contributed by atoms with Gasteiger partial charge in [-0.05, 0) is 43.4 Å². The van der Waals surface area contributed by atoms with Gasteiger partial charge in [0.15, 0.2) is 0 Å². The third-order valence-electron chi connectivity index (χ3n) is 5.79. The Kier molecular flexibility index (Phi) is 4.94. The first-order valence-corrected chi connectivity index (χ1v) is 9.64. The van der Waals surface area contributed by atoms with Crippen molar-refractivity contribution < 1.29 is 14.0 Å². The lowest BCUT2D eigenvalue weighted by molar-refractivity contribution is -0.129. The average Bonchev–Trinajstić information content (AvgIpc) is 3.41. The van der Waals surface area contributed by atoms with E-state index in [9.17, 15) is 14.0 Å². The van der Waals surface area contributed by atoms with Gasteiger partial charge in [-0.1, -0.05) is 12.1 Å². The molecule has 1 aromatic rings. The normalized spacial score (nSPS) is 24.9. The Balaban J connectivity index is 1.25. The molecule has 0 radical (unpaired) electrons. The summed E-state index contributed by atoms with van der Waals surface area (Å²) in [4.78, 5) is 28.4. The van der Waals surface area contributed by atoms with E-state index in [0.717, 1.165) is 44.3 Å². The average molecular weight is 359 g/mol. The molecule has 4 rings (SSSR count). The molecule has 1 N–H and O–H groups in total. The summed E-state index contributed by atoms with van der Waals surface area (Å²) >= 11 is 0. The van der Waals surface area contributed by atoms with Crippen molar-refractivity contribution in [1.82, 2.24) is 15.1 Å². The molecule has 2 heterocycles. The maximum absolute atomic E-state index is 13.4. The van der Waals surface area contributed by atoms with Gasteiger partial charge in [-0.3, -0.25) is 14.5 Å². The zero-order chi connectivity index (χ0) is 18.1. The minimum absolute atomic E-state index is 0.0774. The standard InChI is InChI=1S/C20H26FN3O2/c21-17-3-1-2-15(10-17)16-11-19(25)24(12-16)13-23-8-6-18(7-9-23)22-20(26)14-4-5-14/h1-3,10,14,16,18H,4-9,11-13H2,(H,22,26). The monoisotopic (exact) mass is 359 g/mol. The van der Waals surface area contributed by atoms with Crippen molar-refractivity contribution in [1.29, 1.82) is 0 Å². The summed E-state index contributed by atoms with van der Waals surface area (Å²) < 4.78 is 13.4. The number of piperidine rings is 1. The van der Waals surface area contributed by atoms with E-state index >= 15 is 0 Å². The summed E-state index contributed by atoms with van der Waals surface area (Å²) in [5.41, 5.74) is 0.905. The van der Waals surface area contributed by atoms with Gasteiger partial charge in [-0.25, -0.2) is 4.39 Å². The van der Waals surface area contributed by atoms with Crippen LogP contribution in [0.1, 0.15) is 43.6 Å². The zero-order valence-electron chi connectivity index (χ0n) is 15.0. The van der Waals surface area contributed by atoms with E-state index in [0.29, 0.717) is 19.6 Å². The molecule has 26 heavy (non-hydrogen) atoms. The van der Waals surface area contributed by atoms with E-state index < -0.39 is 0 Å². The third-order valence-corrected chi connectivity index (χ3v) is 5.79. The summed E-state index contributed by atoms with van der Waals surface area (Å²) in [7, 11) is 0. The minimum atomic E-state index is -0.247. The highest BCUT2D eigenvalue weighted by molar-refractivity contribution is 5.81. The molecule has 3 fully saturated rings. The highest BCUT2D eigenvalue weighted by atomic mass is 19.1. The molecule has 1 aliphatic carbocycles. The quantitative estimate of drug-likeness (QED) is 0.876. The molecule has 0 spiro atoms. The summed E-state index contributed by atoms with van der Waals surface area (Å²) in [6.45, 7) is 3.07. The number of hydrogen-bond acceptors (Lipinski definition) is 3. The van der Waals surface area contributed by atoms with E-state index in [4.69, 9.17) is 0 Å². The van der Waals surface area contributed by atoms with Crippen LogP contribution in [0.15, 0.2) is 24.3 Å². The predicted molar refractivity (Wildman–Crippen MR) is 95.8 cm³/mol. The summed E-state index contributed by atoms with van der Waals surface area (Å²) in [6, 6.07) is 6.85. The van der Waals surface area contributed by atoms with E-state index in [1.807, 2.05) is 11.0 Å². The number of likely N-dealkylation sites (tertiary alicyclic amines) is 2.